The molecule has 31 nitrogen and oxygen atoms in total. The van der Waals surface area contributed by atoms with Gasteiger partial charge < -0.3 is 95.9 Å². The third-order valence-electron chi connectivity index (χ3n) is 9.99. The molecule has 2 heterocycles. The zero-order valence-electron chi connectivity index (χ0n) is 36.7. The van der Waals surface area contributed by atoms with Crippen LogP contribution < -0.4 is 47.2 Å². The van der Waals surface area contributed by atoms with Crippen molar-refractivity contribution in [1.82, 2.24) is 26.6 Å². The minimum Gasteiger partial charge on any atom is -0.772 e. The summed E-state index contributed by atoms with van der Waals surface area (Å²) in [6, 6.07) is -8.21. The third kappa shape index (κ3) is 17.2. The van der Waals surface area contributed by atoms with Crippen molar-refractivity contribution in [2.45, 2.75) is 145 Å². The van der Waals surface area contributed by atoms with E-state index in [-0.39, 0.29) is 19.4 Å². The molecule has 0 aromatic heterocycles. The number of amides is 6. The Kier molecular flexibility index (Phi) is 23.6. The smallest absolute Gasteiger partial charge is 0.249 e. The molecule has 67 heavy (non-hydrogen) atoms. The lowest BCUT2D eigenvalue weighted by Crippen LogP contribution is -2.70. The maximum atomic E-state index is 13.6. The lowest BCUT2D eigenvalue weighted by molar-refractivity contribution is -0.334. The van der Waals surface area contributed by atoms with Crippen molar-refractivity contribution in [2.75, 3.05) is 26.9 Å². The van der Waals surface area contributed by atoms with Crippen molar-refractivity contribution in [3.63, 3.8) is 0 Å². The van der Waals surface area contributed by atoms with E-state index < -0.39 is 168 Å². The zero-order valence-corrected chi connectivity index (χ0v) is 38.5. The number of aliphatic carboxylic acids is 1. The average molecular weight is 1000 g/mol. The number of unbranched alkanes of at least 4 members (excludes halogenated alkanes) is 1. The van der Waals surface area contributed by atoms with Gasteiger partial charge in [0.15, 0.2) is 12.6 Å². The highest BCUT2D eigenvalue weighted by Gasteiger charge is 2.54. The minimum absolute atomic E-state index is 0.0771. The first-order chi connectivity index (χ1) is 31.2. The van der Waals surface area contributed by atoms with Crippen LogP contribution in [0, 0.1) is 0 Å². The number of aliphatic hydroxyl groups excluding tert-OH is 4. The quantitative estimate of drug-likeness (QED) is 0.0120. The Hall–Kier alpha value is -4.42. The molecule has 16 atom stereocenters. The summed E-state index contributed by atoms with van der Waals surface area (Å²) < 4.78 is 57.3. The van der Waals surface area contributed by atoms with Gasteiger partial charge in [-0.3, -0.25) is 42.4 Å². The summed E-state index contributed by atoms with van der Waals surface area (Å²) >= 11 is 0. The number of hydrogen-bond acceptors (Lipinski definition) is 23. The van der Waals surface area contributed by atoms with Gasteiger partial charge in [0.2, 0.25) is 50.0 Å². The molecule has 0 aromatic rings. The first kappa shape index (κ1) is 58.7. The lowest BCUT2D eigenvalue weighted by Gasteiger charge is -2.50. The number of azide groups is 1. The van der Waals surface area contributed by atoms with Crippen LogP contribution in [0.2, 0.25) is 0 Å². The molecule has 0 saturated carbocycles. The highest BCUT2D eigenvalue weighted by molar-refractivity contribution is 8.25. The number of nitrogens with one attached hydrogen (secondary N) is 5. The molecule has 11 N–H and O–H groups in total. The second-order valence-corrected chi connectivity index (χ2v) is 20.5. The number of ether oxygens (including phenoxy) is 4. The van der Waals surface area contributed by atoms with Crippen molar-refractivity contribution in [1.29, 1.82) is 0 Å². The van der Waals surface area contributed by atoms with Crippen molar-refractivity contribution in [2.24, 2.45) is 10.8 Å². The number of primary amides is 1. The van der Waals surface area contributed by atoms with E-state index >= 15 is 0 Å². The van der Waals surface area contributed by atoms with Crippen LogP contribution >= 0.6 is 14.6 Å². The van der Waals surface area contributed by atoms with E-state index in [0.29, 0.717) is 13.5 Å². The average Bonchev–Trinajstić information content (AvgIpc) is 3.24. The molecule has 3 unspecified atom stereocenters. The van der Waals surface area contributed by atoms with Crippen molar-refractivity contribution >= 4 is 56.0 Å². The molecule has 2 aliphatic heterocycles. The van der Waals surface area contributed by atoms with Gasteiger partial charge >= 0.3 is 0 Å². The van der Waals surface area contributed by atoms with E-state index in [4.69, 9.17) is 34.7 Å². The molecule has 2 saturated heterocycles. The fourth-order valence-corrected chi connectivity index (χ4v) is 8.51. The number of nitrogens with two attached hydrogens (primary N) is 1. The molecule has 0 spiro atoms. The highest BCUT2D eigenvalue weighted by atomic mass is 32.1. The monoisotopic (exact) mass is 1000 g/mol. The Labute approximate surface area is 381 Å². The summed E-state index contributed by atoms with van der Waals surface area (Å²) in [5.74, 6) is -7.60. The Bertz CT molecular complexity index is 1900. The van der Waals surface area contributed by atoms with Gasteiger partial charge in [0.25, 0.3) is 0 Å². The lowest BCUT2D eigenvalue weighted by atomic mass is 9.94. The van der Waals surface area contributed by atoms with Crippen molar-refractivity contribution in [3.8, 4) is 0 Å². The summed E-state index contributed by atoms with van der Waals surface area (Å²) in [6.45, 7) is 2.10. The summed E-state index contributed by atoms with van der Waals surface area (Å²) in [5.41, 5.74) is 13.8. The number of carboxylic acids is 1. The van der Waals surface area contributed by atoms with E-state index in [9.17, 15) is 78.0 Å². The van der Waals surface area contributed by atoms with Crippen LogP contribution in [0.15, 0.2) is 5.11 Å². The number of rotatable bonds is 27. The van der Waals surface area contributed by atoms with Gasteiger partial charge in [-0.05, 0) is 38.6 Å². The standard InChI is InChI=1S/C34H59N9O22P2/c1-14(30(52)42-18(29(35)51)9-10-22(48)41-19(32(54)55)8-6-7-11-37-43-36)38-31(53)15(2)61-28-24(40-17(4)47)34(65-67(58,59)66(56,57)60-5)63-21(13-45)27(28)64-33-23(39-16(3)46)26(50)25(49)20(12-44)62-33/h14-15,18-21,23-28,33-34,44-45,49-50H,6-13H2,1-5H3,(H2,35,51)(H,38,53)(H,39,46)(H,40,47)(H,41,48)(H,42,52)(H,54,55)(H,56,57)(H,58,59)/p-3/t14-,15+,18+,19-,20+,21+,23+,24+,25+,26+,27?,28+,33-,34+/m0/s1. The molecule has 0 aliphatic carbocycles. The second kappa shape index (κ2) is 26.9. The number of carbonyl (C=O) groups excluding carboxylic acids is 7. The zero-order chi connectivity index (χ0) is 51.0. The molecule has 2 rings (SSSR count). The van der Waals surface area contributed by atoms with Crippen LogP contribution in [0.25, 0.3) is 10.4 Å². The van der Waals surface area contributed by atoms with Crippen molar-refractivity contribution < 1.29 is 106 Å². The molecular weight excluding hydrogens is 948 g/mol. The number of carbonyl (C=O) groups is 7. The molecule has 0 bridgehead atoms. The summed E-state index contributed by atoms with van der Waals surface area (Å²) in [4.78, 5) is 116. The molecule has 382 valence electrons. The first-order valence-corrected chi connectivity index (χ1v) is 24.1. The fourth-order valence-electron chi connectivity index (χ4n) is 6.53. The topological polar surface area (TPSA) is 494 Å². The van der Waals surface area contributed by atoms with Gasteiger partial charge in [-0.15, -0.1) is 0 Å². The largest absolute Gasteiger partial charge is 0.772 e. The molecule has 2 aliphatic rings. The van der Waals surface area contributed by atoms with Gasteiger partial charge in [-0.2, -0.15) is 0 Å². The maximum absolute atomic E-state index is 13.6. The Morgan fingerprint density at radius 3 is 1.96 bits per heavy atom. The molecule has 6 amide bonds. The number of aliphatic hydroxyl groups is 4. The molecule has 0 radical (unpaired) electrons. The van der Waals surface area contributed by atoms with E-state index in [1.165, 1.54) is 0 Å². The third-order valence-corrected chi connectivity index (χ3v) is 14.1. The molecule has 2 fully saturated rings. The van der Waals surface area contributed by atoms with Gasteiger partial charge in [0, 0.05) is 38.8 Å². The van der Waals surface area contributed by atoms with Crippen LogP contribution in [0.5, 0.6) is 0 Å². The fraction of sp³-hybridized carbons (Fsp3) is 0.794. The predicted molar refractivity (Wildman–Crippen MR) is 214 cm³/mol. The van der Waals surface area contributed by atoms with E-state index in [1.54, 1.807) is 0 Å². The van der Waals surface area contributed by atoms with Crippen molar-refractivity contribution in [3.05, 3.63) is 10.4 Å². The number of nitrogens with zero attached hydrogens (tertiary/aromatic N) is 3. The minimum atomic E-state index is -6.15. The Morgan fingerprint density at radius 1 is 0.821 bits per heavy atom. The summed E-state index contributed by atoms with van der Waals surface area (Å²) in [5, 5.41) is 67.8. The number of hydrogen-bond donors (Lipinski definition) is 10. The molecule has 0 aromatic carbocycles. The summed E-state index contributed by atoms with van der Waals surface area (Å²) in [6.07, 6.45) is -17.7. The maximum Gasteiger partial charge on any atom is 0.249 e. The van der Waals surface area contributed by atoms with Gasteiger partial charge in [-0.25, -0.2) is 0 Å². The van der Waals surface area contributed by atoms with E-state index in [0.717, 1.165) is 27.7 Å². The highest BCUT2D eigenvalue weighted by Crippen LogP contribution is 2.72. The normalized spacial score (nSPS) is 28.6. The van der Waals surface area contributed by atoms with E-state index in [1.807, 2.05) is 0 Å². The first-order valence-electron chi connectivity index (χ1n) is 20.3. The molecular formula is C34H56N9O22P2-3. The Balaban J connectivity index is 2.41. The summed E-state index contributed by atoms with van der Waals surface area (Å²) in [7, 11) is -11.5. The second-order valence-electron chi connectivity index (χ2n) is 15.1. The number of carboxylic acid groups (broad SMARTS) is 1. The van der Waals surface area contributed by atoms with Gasteiger partial charge in [0.05, 0.1) is 25.2 Å². The van der Waals surface area contributed by atoms with Crippen LogP contribution in [0.4, 0.5) is 0 Å². The van der Waals surface area contributed by atoms with Gasteiger partial charge in [-0.1, -0.05) is 11.5 Å². The predicted octanol–water partition coefficient (Wildman–Crippen LogP) is -7.03. The Morgan fingerprint density at radius 2 is 1.42 bits per heavy atom. The van der Waals surface area contributed by atoms with Gasteiger partial charge in [0.1, 0.15) is 66.9 Å². The van der Waals surface area contributed by atoms with Crippen LogP contribution in [-0.2, 0) is 70.7 Å². The SMILES string of the molecule is COP(=O)([O-])P(=O)([O-])O[C@H]1O[C@H](CO)C(O[C@@H]2O[C@H](CO)[C@@H](O)[C@H](O)[C@H]2NC(C)=O)[C@H](O[C@H](C)C(=O)N[C@@H](C)C(=O)N[C@H](CCC(=O)N[C@@H](CCCCN=[N+]=[N-])C(=O)[O-])C(N)=O)[C@H]1NC(C)=O. The van der Waals surface area contributed by atoms with E-state index in [2.05, 4.69) is 41.1 Å². The molecule has 33 heteroatoms. The van der Waals surface area contributed by atoms with Crippen LogP contribution in [-0.4, -0.2) is 174 Å². The van der Waals surface area contributed by atoms with Crippen LogP contribution in [0.3, 0.4) is 0 Å². The van der Waals surface area contributed by atoms with Crippen LogP contribution in [0.1, 0.15) is 59.8 Å².